The predicted octanol–water partition coefficient (Wildman–Crippen LogP) is 2.15. The number of phenols is 1. The molecule has 3 rings (SSSR count). The minimum Gasteiger partial charge on any atom is -0.508 e. The van der Waals surface area contributed by atoms with Crippen molar-refractivity contribution in [2.45, 2.75) is 45.2 Å². The van der Waals surface area contributed by atoms with Crippen molar-refractivity contribution in [3.8, 4) is 5.75 Å². The molecule has 0 spiro atoms. The van der Waals surface area contributed by atoms with Gasteiger partial charge < -0.3 is 10.4 Å². The Bertz CT molecular complexity index is 738. The molecule has 1 fully saturated rings. The first-order valence-corrected chi connectivity index (χ1v) is 8.80. The number of nitrogens with zero attached hydrogens (tertiary/aromatic N) is 3. The van der Waals surface area contributed by atoms with E-state index in [1.807, 2.05) is 37.1 Å². The van der Waals surface area contributed by atoms with Crippen LogP contribution in [0.5, 0.6) is 5.75 Å². The first kappa shape index (κ1) is 17.5. The molecule has 6 nitrogen and oxygen atoms in total. The van der Waals surface area contributed by atoms with Gasteiger partial charge in [-0.15, -0.1) is 0 Å². The van der Waals surface area contributed by atoms with Gasteiger partial charge in [-0.25, -0.2) is 0 Å². The van der Waals surface area contributed by atoms with E-state index in [1.165, 1.54) is 5.56 Å². The molecule has 0 saturated carbocycles. The maximum Gasteiger partial charge on any atom is 0.245 e. The van der Waals surface area contributed by atoms with E-state index in [2.05, 4.69) is 17.3 Å². The lowest BCUT2D eigenvalue weighted by Crippen LogP contribution is -2.43. The number of anilines is 1. The van der Waals surface area contributed by atoms with E-state index < -0.39 is 0 Å². The summed E-state index contributed by atoms with van der Waals surface area (Å²) in [5, 5.41) is 17.1. The van der Waals surface area contributed by atoms with Gasteiger partial charge in [-0.3, -0.25) is 14.4 Å². The fourth-order valence-corrected chi connectivity index (χ4v) is 3.38. The van der Waals surface area contributed by atoms with Crippen molar-refractivity contribution in [1.82, 2.24) is 15.1 Å². The fraction of sp³-hybridized carbons (Fsp3) is 0.474. The molecule has 1 aromatic carbocycles. The number of benzene rings is 1. The summed E-state index contributed by atoms with van der Waals surface area (Å²) in [6.45, 7) is 4.77. The molecule has 1 aliphatic rings. The molecule has 2 atom stereocenters. The van der Waals surface area contributed by atoms with Gasteiger partial charge in [0.05, 0.1) is 11.7 Å². The summed E-state index contributed by atoms with van der Waals surface area (Å²) in [5.74, 6) is 1.28. The number of hydrogen-bond acceptors (Lipinski definition) is 4. The minimum absolute atomic E-state index is 0.125. The number of aromatic hydroxyl groups is 1. The zero-order valence-electron chi connectivity index (χ0n) is 15.1. The van der Waals surface area contributed by atoms with Crippen LogP contribution in [0.15, 0.2) is 30.3 Å². The smallest absolute Gasteiger partial charge is 0.245 e. The van der Waals surface area contributed by atoms with Crippen LogP contribution in [0, 0.1) is 6.92 Å². The number of rotatable bonds is 6. The van der Waals surface area contributed by atoms with Crippen molar-refractivity contribution in [3.05, 3.63) is 41.6 Å². The zero-order valence-corrected chi connectivity index (χ0v) is 15.1. The third-order valence-electron chi connectivity index (χ3n) is 4.75. The summed E-state index contributed by atoms with van der Waals surface area (Å²) in [5.41, 5.74) is 2.11. The van der Waals surface area contributed by atoms with Crippen molar-refractivity contribution in [2.75, 3.05) is 11.4 Å². The van der Waals surface area contributed by atoms with Gasteiger partial charge in [-0.1, -0.05) is 12.1 Å². The fourth-order valence-electron chi connectivity index (χ4n) is 3.38. The van der Waals surface area contributed by atoms with Crippen LogP contribution in [-0.4, -0.2) is 39.4 Å². The summed E-state index contributed by atoms with van der Waals surface area (Å²) in [4.78, 5) is 14.5. The van der Waals surface area contributed by atoms with Crippen molar-refractivity contribution in [1.29, 1.82) is 0 Å². The van der Waals surface area contributed by atoms with Gasteiger partial charge in [0.25, 0.3) is 0 Å². The predicted molar refractivity (Wildman–Crippen MR) is 97.7 cm³/mol. The number of aromatic nitrogens is 2. The number of carbonyl (C=O) groups excluding carboxylic acids is 1. The average Bonchev–Trinajstić information content (AvgIpc) is 3.09. The molecule has 0 bridgehead atoms. The summed E-state index contributed by atoms with van der Waals surface area (Å²) in [6, 6.07) is 9.36. The highest BCUT2D eigenvalue weighted by atomic mass is 16.3. The monoisotopic (exact) mass is 342 g/mol. The van der Waals surface area contributed by atoms with Gasteiger partial charge in [0.1, 0.15) is 11.6 Å². The summed E-state index contributed by atoms with van der Waals surface area (Å²) >= 11 is 0. The Balaban J connectivity index is 1.53. The van der Waals surface area contributed by atoms with Crippen LogP contribution in [0.1, 0.15) is 31.0 Å². The minimum atomic E-state index is -0.134. The Kier molecular flexibility index (Phi) is 5.08. The molecule has 0 radical (unpaired) electrons. The van der Waals surface area contributed by atoms with Gasteiger partial charge in [-0.05, 0) is 50.8 Å². The molecular weight excluding hydrogens is 316 g/mol. The largest absolute Gasteiger partial charge is 0.508 e. The maximum atomic E-state index is 12.7. The number of nitrogens with one attached hydrogen (secondary N) is 1. The van der Waals surface area contributed by atoms with Crippen molar-refractivity contribution in [2.24, 2.45) is 7.05 Å². The Morgan fingerprint density at radius 2 is 2.08 bits per heavy atom. The molecule has 1 saturated heterocycles. The first-order valence-electron chi connectivity index (χ1n) is 8.80. The first-order chi connectivity index (χ1) is 11.9. The SMILES string of the molecule is Cc1cc(N2CCC(NC(C)CCc3ccc(O)cc3)C2=O)n(C)n1. The van der Waals surface area contributed by atoms with Crippen LogP contribution in [0.25, 0.3) is 0 Å². The van der Waals surface area contributed by atoms with E-state index in [0.717, 1.165) is 37.3 Å². The van der Waals surface area contributed by atoms with Crippen LogP contribution >= 0.6 is 0 Å². The lowest BCUT2D eigenvalue weighted by Gasteiger charge is -2.20. The molecule has 1 aromatic heterocycles. The third-order valence-corrected chi connectivity index (χ3v) is 4.75. The highest BCUT2D eigenvalue weighted by molar-refractivity contribution is 5.98. The Labute approximate surface area is 148 Å². The molecule has 2 aromatic rings. The van der Waals surface area contributed by atoms with Crippen molar-refractivity contribution >= 4 is 11.7 Å². The quantitative estimate of drug-likeness (QED) is 0.844. The van der Waals surface area contributed by atoms with E-state index in [4.69, 9.17) is 0 Å². The van der Waals surface area contributed by atoms with Crippen LogP contribution in [0.2, 0.25) is 0 Å². The second-order valence-corrected chi connectivity index (χ2v) is 6.87. The van der Waals surface area contributed by atoms with Crippen molar-refractivity contribution < 1.29 is 9.90 Å². The van der Waals surface area contributed by atoms with Gasteiger partial charge in [0, 0.05) is 25.7 Å². The highest BCUT2D eigenvalue weighted by Gasteiger charge is 2.34. The van der Waals surface area contributed by atoms with E-state index in [9.17, 15) is 9.90 Å². The number of carbonyl (C=O) groups is 1. The Hall–Kier alpha value is -2.34. The highest BCUT2D eigenvalue weighted by Crippen LogP contribution is 2.22. The van der Waals surface area contributed by atoms with E-state index in [0.29, 0.717) is 0 Å². The summed E-state index contributed by atoms with van der Waals surface area (Å²) in [6.07, 6.45) is 2.67. The maximum absolute atomic E-state index is 12.7. The molecule has 2 N–H and O–H groups in total. The lowest BCUT2D eigenvalue weighted by atomic mass is 10.1. The molecule has 2 unspecified atom stereocenters. The zero-order chi connectivity index (χ0) is 18.0. The van der Waals surface area contributed by atoms with E-state index in [-0.39, 0.29) is 23.7 Å². The van der Waals surface area contributed by atoms with Gasteiger partial charge in [0.2, 0.25) is 5.91 Å². The molecular formula is C19H26N4O2. The van der Waals surface area contributed by atoms with Gasteiger partial charge in [0.15, 0.2) is 0 Å². The van der Waals surface area contributed by atoms with Crippen LogP contribution < -0.4 is 10.2 Å². The van der Waals surface area contributed by atoms with Crippen LogP contribution in [-0.2, 0) is 18.3 Å². The number of phenolic OH excluding ortho intramolecular Hbond substituents is 1. The second-order valence-electron chi connectivity index (χ2n) is 6.87. The van der Waals surface area contributed by atoms with Crippen LogP contribution in [0.4, 0.5) is 5.82 Å². The number of amides is 1. The average molecular weight is 342 g/mol. The van der Waals surface area contributed by atoms with E-state index in [1.54, 1.807) is 16.8 Å². The normalized spacial score (nSPS) is 18.8. The molecule has 2 heterocycles. The number of hydrogen-bond donors (Lipinski definition) is 2. The second kappa shape index (κ2) is 7.27. The number of aryl methyl sites for hydroxylation is 3. The molecule has 25 heavy (non-hydrogen) atoms. The third kappa shape index (κ3) is 4.02. The van der Waals surface area contributed by atoms with E-state index >= 15 is 0 Å². The Morgan fingerprint density at radius 3 is 2.72 bits per heavy atom. The molecule has 134 valence electrons. The lowest BCUT2D eigenvalue weighted by molar-refractivity contribution is -0.119. The standard InChI is InChI=1S/C19H26N4O2/c1-13(4-5-15-6-8-16(24)9-7-15)20-17-10-11-23(19(17)25)18-12-14(2)21-22(18)3/h6-9,12-13,17,20,24H,4-5,10-11H2,1-3H3. The summed E-state index contributed by atoms with van der Waals surface area (Å²) < 4.78 is 1.77. The molecule has 6 heteroatoms. The van der Waals surface area contributed by atoms with Crippen molar-refractivity contribution in [3.63, 3.8) is 0 Å². The van der Waals surface area contributed by atoms with Gasteiger partial charge in [-0.2, -0.15) is 5.10 Å². The molecule has 1 amide bonds. The summed E-state index contributed by atoms with van der Waals surface area (Å²) in [7, 11) is 1.87. The topological polar surface area (TPSA) is 70.4 Å². The van der Waals surface area contributed by atoms with Crippen LogP contribution in [0.3, 0.4) is 0 Å². The Morgan fingerprint density at radius 1 is 1.36 bits per heavy atom. The molecule has 0 aliphatic carbocycles. The van der Waals surface area contributed by atoms with Gasteiger partial charge >= 0.3 is 0 Å². The molecule has 1 aliphatic heterocycles.